The van der Waals surface area contributed by atoms with Gasteiger partial charge < -0.3 is 21.1 Å². The maximum atomic E-state index is 10.6. The van der Waals surface area contributed by atoms with Crippen LogP contribution >= 0.6 is 0 Å². The van der Waals surface area contributed by atoms with E-state index >= 15 is 0 Å². The summed E-state index contributed by atoms with van der Waals surface area (Å²) >= 11 is 0. The van der Waals surface area contributed by atoms with Gasteiger partial charge in [-0.15, -0.1) is 0 Å². The number of nitrogens with two attached hydrogens (primary N) is 1. The number of carboxylic acid groups (broad SMARTS) is 1. The number of aliphatic hydroxyl groups is 2. The van der Waals surface area contributed by atoms with E-state index in [9.17, 15) is 9.59 Å². The predicted molar refractivity (Wildman–Crippen MR) is 33.7 cm³/mol. The quantitative estimate of drug-likeness (QED) is 0.335. The van der Waals surface area contributed by atoms with E-state index in [1.165, 1.54) is 0 Å². The lowest BCUT2D eigenvalue weighted by Gasteiger charge is -2.18. The van der Waals surface area contributed by atoms with Gasteiger partial charge in [-0.1, -0.05) is 0 Å². The fourth-order valence-electron chi connectivity index (χ4n) is 0.416. The average molecular weight is 163 g/mol. The van der Waals surface area contributed by atoms with Crippen LogP contribution in [0.5, 0.6) is 0 Å². The molecule has 0 aromatic rings. The van der Waals surface area contributed by atoms with Crippen LogP contribution in [0.3, 0.4) is 0 Å². The molecule has 0 bridgehead atoms. The van der Waals surface area contributed by atoms with Crippen LogP contribution in [0, 0.1) is 0 Å². The van der Waals surface area contributed by atoms with Crippen LogP contribution in [0.15, 0.2) is 0 Å². The highest BCUT2D eigenvalue weighted by Gasteiger charge is 2.40. The molecule has 0 aliphatic rings. The number of rotatable bonds is 4. The molecule has 1 unspecified atom stereocenters. The molecular weight excluding hydrogens is 154 g/mol. The van der Waals surface area contributed by atoms with Crippen molar-refractivity contribution in [3.05, 3.63) is 0 Å². The molecule has 0 aromatic carbocycles. The molecular formula is C5H9NO5. The molecule has 1 atom stereocenters. The number of carbonyl (C=O) groups is 2. The third-order valence-corrected chi connectivity index (χ3v) is 1.27. The average Bonchev–Trinajstić information content (AvgIpc) is 2.01. The molecule has 0 heterocycles. The first-order valence-corrected chi connectivity index (χ1v) is 2.76. The minimum atomic E-state index is -2.37. The SMILES string of the molecule is NC(CO)(C(=O)O)C(=O)CO. The second-order valence-corrected chi connectivity index (χ2v) is 2.02. The van der Waals surface area contributed by atoms with E-state index in [0.717, 1.165) is 0 Å². The summed E-state index contributed by atoms with van der Waals surface area (Å²) in [4.78, 5) is 20.8. The fraction of sp³-hybridized carbons (Fsp3) is 0.600. The lowest BCUT2D eigenvalue weighted by molar-refractivity contribution is -0.151. The van der Waals surface area contributed by atoms with E-state index in [4.69, 9.17) is 21.1 Å². The molecule has 11 heavy (non-hydrogen) atoms. The second kappa shape index (κ2) is 3.42. The van der Waals surface area contributed by atoms with Crippen LogP contribution in [0.4, 0.5) is 0 Å². The summed E-state index contributed by atoms with van der Waals surface area (Å²) in [7, 11) is 0. The van der Waals surface area contributed by atoms with Crippen LogP contribution in [-0.4, -0.2) is 45.8 Å². The highest BCUT2D eigenvalue weighted by atomic mass is 16.4. The van der Waals surface area contributed by atoms with Gasteiger partial charge in [0.15, 0.2) is 11.3 Å². The summed E-state index contributed by atoms with van der Waals surface area (Å²) in [5, 5.41) is 25.0. The standard InChI is InChI=1S/C5H9NO5/c6-5(2-8,4(10)11)3(9)1-7/h7-8H,1-2,6H2,(H,10,11). The van der Waals surface area contributed by atoms with E-state index in [-0.39, 0.29) is 0 Å². The van der Waals surface area contributed by atoms with E-state index in [2.05, 4.69) is 0 Å². The zero-order valence-electron chi connectivity index (χ0n) is 5.65. The number of aliphatic hydroxyl groups excluding tert-OH is 2. The smallest absolute Gasteiger partial charge is 0.334 e. The normalized spacial score (nSPS) is 15.5. The molecule has 0 fully saturated rings. The molecule has 0 aliphatic heterocycles. The number of carbonyl (C=O) groups excluding carboxylic acids is 1. The Morgan fingerprint density at radius 1 is 1.36 bits per heavy atom. The monoisotopic (exact) mass is 163 g/mol. The fourth-order valence-corrected chi connectivity index (χ4v) is 0.416. The highest BCUT2D eigenvalue weighted by Crippen LogP contribution is 2.00. The van der Waals surface area contributed by atoms with E-state index in [0.29, 0.717) is 0 Å². The van der Waals surface area contributed by atoms with Gasteiger partial charge >= 0.3 is 5.97 Å². The third-order valence-electron chi connectivity index (χ3n) is 1.27. The number of hydrogen-bond acceptors (Lipinski definition) is 5. The van der Waals surface area contributed by atoms with Gasteiger partial charge in [0.1, 0.15) is 6.61 Å². The Labute approximate surface area is 62.2 Å². The number of ketones is 1. The van der Waals surface area contributed by atoms with Crippen LogP contribution in [-0.2, 0) is 9.59 Å². The molecule has 0 radical (unpaired) electrons. The summed E-state index contributed by atoms with van der Waals surface area (Å²) in [6.07, 6.45) is 0. The molecule has 0 rings (SSSR count). The molecule has 6 heteroatoms. The molecule has 0 aromatic heterocycles. The Hall–Kier alpha value is -0.980. The summed E-state index contributed by atoms with van der Waals surface area (Å²) in [5.74, 6) is -2.77. The van der Waals surface area contributed by atoms with E-state index < -0.39 is 30.5 Å². The summed E-state index contributed by atoms with van der Waals surface area (Å²) in [6.45, 7) is -2.02. The van der Waals surface area contributed by atoms with Gasteiger partial charge in [-0.3, -0.25) is 4.79 Å². The zero-order valence-corrected chi connectivity index (χ0v) is 5.65. The minimum Gasteiger partial charge on any atom is -0.479 e. The van der Waals surface area contributed by atoms with Crippen molar-refractivity contribution in [1.82, 2.24) is 0 Å². The Balaban J connectivity index is 4.59. The van der Waals surface area contributed by atoms with Gasteiger partial charge in [0.25, 0.3) is 0 Å². The van der Waals surface area contributed by atoms with Gasteiger partial charge in [-0.2, -0.15) is 0 Å². The Bertz CT molecular complexity index is 180. The number of aliphatic carboxylic acids is 1. The molecule has 0 saturated heterocycles. The van der Waals surface area contributed by atoms with Gasteiger partial charge in [0.05, 0.1) is 6.61 Å². The first kappa shape index (κ1) is 10.0. The lowest BCUT2D eigenvalue weighted by atomic mass is 9.97. The van der Waals surface area contributed by atoms with Crippen LogP contribution in [0.25, 0.3) is 0 Å². The molecule has 5 N–H and O–H groups in total. The molecule has 0 aliphatic carbocycles. The predicted octanol–water partition coefficient (Wildman–Crippen LogP) is -2.68. The summed E-state index contributed by atoms with van der Waals surface area (Å²) in [5.41, 5.74) is 2.57. The van der Waals surface area contributed by atoms with Crippen molar-refractivity contribution < 1.29 is 24.9 Å². The van der Waals surface area contributed by atoms with Crippen molar-refractivity contribution in [2.75, 3.05) is 13.2 Å². The molecule has 64 valence electrons. The van der Waals surface area contributed by atoms with Crippen molar-refractivity contribution in [2.24, 2.45) is 5.73 Å². The van der Waals surface area contributed by atoms with Crippen LogP contribution in [0.1, 0.15) is 0 Å². The van der Waals surface area contributed by atoms with Crippen LogP contribution < -0.4 is 5.73 Å². The number of Topliss-reactive ketones (excluding diaryl/α,β-unsaturated/α-hetero) is 1. The lowest BCUT2D eigenvalue weighted by Crippen LogP contribution is -2.58. The Morgan fingerprint density at radius 2 is 1.82 bits per heavy atom. The molecule has 0 amide bonds. The first-order chi connectivity index (χ1) is 4.99. The number of carboxylic acids is 1. The first-order valence-electron chi connectivity index (χ1n) is 2.76. The second-order valence-electron chi connectivity index (χ2n) is 2.02. The minimum absolute atomic E-state index is 0.997. The van der Waals surface area contributed by atoms with E-state index in [1.54, 1.807) is 0 Å². The van der Waals surface area contributed by atoms with Crippen LogP contribution in [0.2, 0.25) is 0 Å². The highest BCUT2D eigenvalue weighted by molar-refractivity contribution is 6.08. The van der Waals surface area contributed by atoms with Crippen molar-refractivity contribution >= 4 is 11.8 Å². The molecule has 0 spiro atoms. The maximum absolute atomic E-state index is 10.6. The van der Waals surface area contributed by atoms with Gasteiger partial charge in [-0.25, -0.2) is 4.79 Å². The Kier molecular flexibility index (Phi) is 3.12. The van der Waals surface area contributed by atoms with Gasteiger partial charge in [-0.05, 0) is 0 Å². The molecule has 6 nitrogen and oxygen atoms in total. The third kappa shape index (κ3) is 1.73. The van der Waals surface area contributed by atoms with Crippen molar-refractivity contribution in [1.29, 1.82) is 0 Å². The van der Waals surface area contributed by atoms with Gasteiger partial charge in [0, 0.05) is 0 Å². The van der Waals surface area contributed by atoms with Crippen molar-refractivity contribution in [3.63, 3.8) is 0 Å². The van der Waals surface area contributed by atoms with Crippen molar-refractivity contribution in [3.8, 4) is 0 Å². The largest absolute Gasteiger partial charge is 0.479 e. The van der Waals surface area contributed by atoms with Gasteiger partial charge in [0.2, 0.25) is 0 Å². The Morgan fingerprint density at radius 3 is 1.91 bits per heavy atom. The van der Waals surface area contributed by atoms with Crippen molar-refractivity contribution in [2.45, 2.75) is 5.54 Å². The summed E-state index contributed by atoms with van der Waals surface area (Å²) in [6, 6.07) is 0. The summed E-state index contributed by atoms with van der Waals surface area (Å²) < 4.78 is 0. The maximum Gasteiger partial charge on any atom is 0.334 e. The van der Waals surface area contributed by atoms with E-state index in [1.807, 2.05) is 0 Å². The molecule has 0 saturated carbocycles. The zero-order chi connectivity index (χ0) is 9.07. The topological polar surface area (TPSA) is 121 Å². The number of hydrogen-bond donors (Lipinski definition) is 4.